The van der Waals surface area contributed by atoms with Crippen molar-refractivity contribution in [1.82, 2.24) is 4.57 Å². The largest absolute Gasteiger partial charge is 0.493 e. The fourth-order valence-electron chi connectivity index (χ4n) is 3.88. The second-order valence-corrected chi connectivity index (χ2v) is 7.28. The first kappa shape index (κ1) is 21.0. The molecule has 0 saturated carbocycles. The van der Waals surface area contributed by atoms with Gasteiger partial charge >= 0.3 is 5.97 Å². The quantitative estimate of drug-likeness (QED) is 0.522. The van der Waals surface area contributed by atoms with Crippen molar-refractivity contribution in [1.29, 1.82) is 0 Å². The Labute approximate surface area is 183 Å². The highest BCUT2D eigenvalue weighted by molar-refractivity contribution is 6.04. The Balaban J connectivity index is 1.88. The minimum absolute atomic E-state index is 0.000571. The Kier molecular flexibility index (Phi) is 5.55. The zero-order chi connectivity index (χ0) is 22.8. The number of primary amides is 1. The maximum absolute atomic E-state index is 12.5. The van der Waals surface area contributed by atoms with Crippen molar-refractivity contribution in [2.45, 2.75) is 12.3 Å². The number of amides is 2. The van der Waals surface area contributed by atoms with E-state index in [0.717, 1.165) is 5.69 Å². The molecule has 1 aliphatic heterocycles. The lowest BCUT2D eigenvalue weighted by Gasteiger charge is -2.27. The van der Waals surface area contributed by atoms with Crippen molar-refractivity contribution >= 4 is 23.5 Å². The number of aromatic carboxylic acids is 1. The molecule has 32 heavy (non-hydrogen) atoms. The molecule has 9 nitrogen and oxygen atoms in total. The summed E-state index contributed by atoms with van der Waals surface area (Å²) in [6, 6.07) is 14.4. The molecule has 1 atom stereocenters. The smallest absolute Gasteiger partial charge is 0.339 e. The number of nitrogens with zero attached hydrogens (tertiary/aromatic N) is 1. The first-order chi connectivity index (χ1) is 15.4. The number of methoxy groups -OCH3 is 1. The van der Waals surface area contributed by atoms with E-state index < -0.39 is 17.8 Å². The molecule has 1 aromatic heterocycles. The summed E-state index contributed by atoms with van der Waals surface area (Å²) < 4.78 is 12.6. The molecule has 3 aromatic rings. The number of carbonyl (C=O) groups excluding carboxylic acids is 2. The van der Waals surface area contributed by atoms with Crippen LogP contribution < -0.4 is 20.5 Å². The van der Waals surface area contributed by atoms with E-state index in [0.29, 0.717) is 22.8 Å². The zero-order valence-corrected chi connectivity index (χ0v) is 17.2. The molecule has 0 aliphatic carbocycles. The zero-order valence-electron chi connectivity index (χ0n) is 17.2. The molecule has 4 N–H and O–H groups in total. The molecular weight excluding hydrogens is 414 g/mol. The number of para-hydroxylation sites is 1. The minimum Gasteiger partial charge on any atom is -0.493 e. The molecule has 0 spiro atoms. The van der Waals surface area contributed by atoms with Gasteiger partial charge < -0.3 is 30.2 Å². The summed E-state index contributed by atoms with van der Waals surface area (Å²) in [6.07, 6.45) is 1.61. The van der Waals surface area contributed by atoms with E-state index in [1.54, 1.807) is 22.8 Å². The molecule has 4 rings (SSSR count). The molecular formula is C23H21N3O6. The number of aromatic nitrogens is 1. The Morgan fingerprint density at radius 3 is 2.59 bits per heavy atom. The first-order valence-electron chi connectivity index (χ1n) is 9.82. The third kappa shape index (κ3) is 3.87. The Bertz CT molecular complexity index is 1200. The van der Waals surface area contributed by atoms with Gasteiger partial charge in [-0.05, 0) is 29.8 Å². The summed E-state index contributed by atoms with van der Waals surface area (Å²) in [6.45, 7) is -0.334. The van der Waals surface area contributed by atoms with E-state index >= 15 is 0 Å². The van der Waals surface area contributed by atoms with E-state index in [9.17, 15) is 19.5 Å². The van der Waals surface area contributed by atoms with Crippen LogP contribution in [-0.4, -0.2) is 41.2 Å². The molecule has 0 bridgehead atoms. The molecule has 164 valence electrons. The lowest BCUT2D eigenvalue weighted by molar-refractivity contribution is -0.120. The molecule has 2 aromatic carbocycles. The van der Waals surface area contributed by atoms with Gasteiger partial charge in [0.2, 0.25) is 5.91 Å². The highest BCUT2D eigenvalue weighted by Crippen LogP contribution is 2.43. The summed E-state index contributed by atoms with van der Waals surface area (Å²) in [4.78, 5) is 35.6. The van der Waals surface area contributed by atoms with Gasteiger partial charge in [0.05, 0.1) is 18.5 Å². The number of benzene rings is 2. The van der Waals surface area contributed by atoms with E-state index in [2.05, 4.69) is 5.32 Å². The predicted molar refractivity (Wildman–Crippen MR) is 116 cm³/mol. The van der Waals surface area contributed by atoms with Crippen molar-refractivity contribution in [3.8, 4) is 17.2 Å². The standard InChI is InChI=1S/C23H21N3O6/c1-31-17-8-7-13(9-18(17)32-12-19(24)27)15-10-20(28)25-21-16(23(29)30)11-26(22(15)21)14-5-3-2-4-6-14/h2-9,11,15H,10,12H2,1H3,(H2,24,27)(H,25,28)(H,29,30). The van der Waals surface area contributed by atoms with E-state index in [4.69, 9.17) is 15.2 Å². The Morgan fingerprint density at radius 2 is 1.94 bits per heavy atom. The topological polar surface area (TPSA) is 133 Å². The van der Waals surface area contributed by atoms with E-state index in [-0.39, 0.29) is 30.2 Å². The van der Waals surface area contributed by atoms with Gasteiger partial charge in [0.1, 0.15) is 5.56 Å². The van der Waals surface area contributed by atoms with E-state index in [1.807, 2.05) is 30.3 Å². The van der Waals surface area contributed by atoms with Gasteiger partial charge in [-0.25, -0.2) is 4.79 Å². The molecule has 2 heterocycles. The number of carboxylic acid groups (broad SMARTS) is 1. The average molecular weight is 435 g/mol. The van der Waals surface area contributed by atoms with Gasteiger partial charge in [-0.2, -0.15) is 0 Å². The maximum atomic E-state index is 12.5. The van der Waals surface area contributed by atoms with Crippen molar-refractivity contribution in [3.05, 3.63) is 71.5 Å². The number of hydrogen-bond donors (Lipinski definition) is 3. The number of carbonyl (C=O) groups is 3. The van der Waals surface area contributed by atoms with Crippen LogP contribution in [0.25, 0.3) is 5.69 Å². The predicted octanol–water partition coefficient (Wildman–Crippen LogP) is 2.52. The van der Waals surface area contributed by atoms with Crippen LogP contribution in [0.3, 0.4) is 0 Å². The number of rotatable bonds is 7. The molecule has 2 amide bonds. The lowest BCUT2D eigenvalue weighted by Crippen LogP contribution is -2.25. The number of ether oxygens (including phenoxy) is 2. The van der Waals surface area contributed by atoms with Crippen molar-refractivity contribution in [2.24, 2.45) is 5.73 Å². The first-order valence-corrected chi connectivity index (χ1v) is 9.82. The van der Waals surface area contributed by atoms with Crippen molar-refractivity contribution in [2.75, 3.05) is 19.0 Å². The van der Waals surface area contributed by atoms with Crippen LogP contribution in [0.5, 0.6) is 11.5 Å². The fourth-order valence-corrected chi connectivity index (χ4v) is 3.88. The van der Waals surface area contributed by atoms with Crippen molar-refractivity contribution in [3.63, 3.8) is 0 Å². The number of hydrogen-bond acceptors (Lipinski definition) is 5. The van der Waals surface area contributed by atoms with Gasteiger partial charge in [-0.15, -0.1) is 0 Å². The Morgan fingerprint density at radius 1 is 1.19 bits per heavy atom. The highest BCUT2D eigenvalue weighted by atomic mass is 16.5. The summed E-state index contributed by atoms with van der Waals surface area (Å²) in [5.74, 6) is -1.84. The van der Waals surface area contributed by atoms with Gasteiger partial charge in [0.25, 0.3) is 5.91 Å². The lowest BCUT2D eigenvalue weighted by atomic mass is 9.88. The Hall–Kier alpha value is -4.27. The van der Waals surface area contributed by atoms with Crippen LogP contribution in [0, 0.1) is 0 Å². The molecule has 0 fully saturated rings. The molecule has 0 saturated heterocycles. The number of anilines is 1. The third-order valence-electron chi connectivity index (χ3n) is 5.25. The number of carboxylic acids is 1. The SMILES string of the molecule is COc1ccc(C2CC(=O)Nc3c(C(=O)O)cn(-c4ccccc4)c32)cc1OCC(N)=O. The highest BCUT2D eigenvalue weighted by Gasteiger charge is 2.34. The molecule has 1 aliphatic rings. The van der Waals surface area contributed by atoms with Crippen LogP contribution in [0.2, 0.25) is 0 Å². The van der Waals surface area contributed by atoms with Crippen molar-refractivity contribution < 1.29 is 29.0 Å². The number of nitrogens with two attached hydrogens (primary N) is 1. The van der Waals surface area contributed by atoms with E-state index in [1.165, 1.54) is 13.3 Å². The molecule has 9 heteroatoms. The summed E-state index contributed by atoms with van der Waals surface area (Å²) in [5.41, 5.74) is 7.56. The summed E-state index contributed by atoms with van der Waals surface area (Å²) in [7, 11) is 1.47. The normalized spacial score (nSPS) is 14.9. The average Bonchev–Trinajstić information content (AvgIpc) is 3.17. The molecule has 1 unspecified atom stereocenters. The number of nitrogens with one attached hydrogen (secondary N) is 1. The van der Waals surface area contributed by atoms with Crippen LogP contribution in [0.1, 0.15) is 34.0 Å². The molecule has 0 radical (unpaired) electrons. The van der Waals surface area contributed by atoms with Crippen LogP contribution in [-0.2, 0) is 9.59 Å². The minimum atomic E-state index is -1.14. The third-order valence-corrected chi connectivity index (χ3v) is 5.25. The van der Waals surface area contributed by atoms with Crippen LogP contribution in [0.15, 0.2) is 54.7 Å². The number of fused-ring (bicyclic) bond motifs is 1. The monoisotopic (exact) mass is 435 g/mol. The summed E-state index contributed by atoms with van der Waals surface area (Å²) in [5, 5.41) is 12.5. The second kappa shape index (κ2) is 8.46. The van der Waals surface area contributed by atoms with Gasteiger partial charge in [-0.1, -0.05) is 24.3 Å². The second-order valence-electron chi connectivity index (χ2n) is 7.28. The fraction of sp³-hybridized carbons (Fsp3) is 0.174. The maximum Gasteiger partial charge on any atom is 0.339 e. The van der Waals surface area contributed by atoms with Crippen LogP contribution >= 0.6 is 0 Å². The van der Waals surface area contributed by atoms with Gasteiger partial charge in [0, 0.05) is 24.2 Å². The summed E-state index contributed by atoms with van der Waals surface area (Å²) >= 11 is 0. The van der Waals surface area contributed by atoms with Gasteiger partial charge in [0.15, 0.2) is 18.1 Å². The van der Waals surface area contributed by atoms with Crippen LogP contribution in [0.4, 0.5) is 5.69 Å². The van der Waals surface area contributed by atoms with Gasteiger partial charge in [-0.3, -0.25) is 9.59 Å².